The summed E-state index contributed by atoms with van der Waals surface area (Å²) < 4.78 is 0. The molecule has 1 atom stereocenters. The second-order valence-electron chi connectivity index (χ2n) is 3.00. The summed E-state index contributed by atoms with van der Waals surface area (Å²) in [6.07, 6.45) is 0.749. The van der Waals surface area contributed by atoms with Crippen LogP contribution in [-0.4, -0.2) is 6.29 Å². The lowest BCUT2D eigenvalue weighted by atomic mass is 10.0. The van der Waals surface area contributed by atoms with Gasteiger partial charge >= 0.3 is 0 Å². The zero-order chi connectivity index (χ0) is 8.60. The largest absolute Gasteiger partial charge is 0.303 e. The highest BCUT2D eigenvalue weighted by Gasteiger charge is 2.33. The van der Waals surface area contributed by atoms with Gasteiger partial charge in [0.05, 0.1) is 0 Å². The van der Waals surface area contributed by atoms with Gasteiger partial charge in [-0.1, -0.05) is 24.3 Å². The number of hydrogen-bond acceptors (Lipinski definition) is 3. The van der Waals surface area contributed by atoms with Gasteiger partial charge in [0.1, 0.15) is 0 Å². The summed E-state index contributed by atoms with van der Waals surface area (Å²) in [5.74, 6) is 0. The Balaban J connectivity index is 2.56. The maximum Gasteiger partial charge on any atom is 0.159 e. The number of hydrogen-bond donors (Lipinski definition) is 2. The van der Waals surface area contributed by atoms with Crippen LogP contribution in [0.5, 0.6) is 0 Å². The molecular weight excluding hydrogens is 152 g/mol. The number of fused-ring (bicyclic) bond motifs is 1. The number of rotatable bonds is 1. The van der Waals surface area contributed by atoms with Crippen LogP contribution in [0.25, 0.3) is 0 Å². The first-order valence-corrected chi connectivity index (χ1v) is 3.85. The first-order chi connectivity index (χ1) is 5.76. The van der Waals surface area contributed by atoms with E-state index >= 15 is 0 Å². The summed E-state index contributed by atoms with van der Waals surface area (Å²) in [5.41, 5.74) is 6.82. The molecule has 0 amide bonds. The molecule has 3 nitrogen and oxygen atoms in total. The van der Waals surface area contributed by atoms with Crippen molar-refractivity contribution in [1.29, 1.82) is 0 Å². The predicted octanol–water partition coefficient (Wildman–Crippen LogP) is 0.100. The monoisotopic (exact) mass is 162 g/mol. The molecule has 1 aromatic rings. The molecule has 0 spiro atoms. The molecule has 1 heterocycles. The molecule has 0 bridgehead atoms. The average Bonchev–Trinajstić information content (AvgIpc) is 2.46. The third-order valence-corrected chi connectivity index (χ3v) is 2.22. The summed E-state index contributed by atoms with van der Waals surface area (Å²) in [7, 11) is 0. The summed E-state index contributed by atoms with van der Waals surface area (Å²) in [5, 5.41) is 2.96. The van der Waals surface area contributed by atoms with Crippen LogP contribution in [0.1, 0.15) is 11.1 Å². The number of nitrogens with two attached hydrogens (primary N) is 1. The van der Waals surface area contributed by atoms with Crippen LogP contribution in [0.4, 0.5) is 0 Å². The van der Waals surface area contributed by atoms with Gasteiger partial charge in [0.25, 0.3) is 0 Å². The maximum absolute atomic E-state index is 10.7. The third-order valence-electron chi connectivity index (χ3n) is 2.22. The number of carbonyl (C=O) groups excluding carboxylic acids is 1. The normalized spacial score (nSPS) is 26.8. The maximum atomic E-state index is 10.7. The van der Waals surface area contributed by atoms with Crippen molar-refractivity contribution in [3.63, 3.8) is 0 Å². The summed E-state index contributed by atoms with van der Waals surface area (Å²) in [4.78, 5) is 10.7. The van der Waals surface area contributed by atoms with Crippen molar-refractivity contribution in [3.05, 3.63) is 35.4 Å². The average molecular weight is 162 g/mol. The number of nitrogens with one attached hydrogen (secondary N) is 1. The fourth-order valence-electron chi connectivity index (χ4n) is 1.52. The van der Waals surface area contributed by atoms with Gasteiger partial charge in [0, 0.05) is 6.54 Å². The van der Waals surface area contributed by atoms with E-state index in [0.29, 0.717) is 6.54 Å². The molecule has 1 aromatic carbocycles. The van der Waals surface area contributed by atoms with Crippen LogP contribution in [-0.2, 0) is 17.0 Å². The molecule has 1 unspecified atom stereocenters. The predicted molar refractivity (Wildman–Crippen MR) is 45.2 cm³/mol. The van der Waals surface area contributed by atoms with Crippen LogP contribution >= 0.6 is 0 Å². The topological polar surface area (TPSA) is 55.1 Å². The van der Waals surface area contributed by atoms with Gasteiger partial charge in [0.15, 0.2) is 11.9 Å². The Morgan fingerprint density at radius 1 is 1.50 bits per heavy atom. The number of aldehydes is 1. The highest BCUT2D eigenvalue weighted by Crippen LogP contribution is 2.24. The van der Waals surface area contributed by atoms with E-state index in [2.05, 4.69) is 5.32 Å². The van der Waals surface area contributed by atoms with Gasteiger partial charge in [-0.15, -0.1) is 0 Å². The van der Waals surface area contributed by atoms with Crippen molar-refractivity contribution >= 4 is 6.29 Å². The lowest BCUT2D eigenvalue weighted by Gasteiger charge is -2.17. The second-order valence-corrected chi connectivity index (χ2v) is 3.00. The minimum Gasteiger partial charge on any atom is -0.303 e. The lowest BCUT2D eigenvalue weighted by molar-refractivity contribution is -0.113. The van der Waals surface area contributed by atoms with Crippen molar-refractivity contribution in [3.8, 4) is 0 Å². The Labute approximate surface area is 70.6 Å². The molecule has 12 heavy (non-hydrogen) atoms. The van der Waals surface area contributed by atoms with Gasteiger partial charge in [-0.25, -0.2) is 0 Å². The zero-order valence-corrected chi connectivity index (χ0v) is 6.58. The van der Waals surface area contributed by atoms with Crippen molar-refractivity contribution < 1.29 is 4.79 Å². The summed E-state index contributed by atoms with van der Waals surface area (Å²) in [6, 6.07) is 7.68. The molecule has 2 rings (SSSR count). The van der Waals surface area contributed by atoms with E-state index in [4.69, 9.17) is 5.73 Å². The number of benzene rings is 1. The molecule has 3 N–H and O–H groups in total. The first-order valence-electron chi connectivity index (χ1n) is 3.85. The molecule has 3 heteroatoms. The molecule has 1 aliphatic rings. The standard InChI is InChI=1S/C9H10N2O/c10-9(6-12)8-4-2-1-3-7(8)5-11-9/h1-4,6,11H,5,10H2. The van der Waals surface area contributed by atoms with E-state index < -0.39 is 5.66 Å². The van der Waals surface area contributed by atoms with Crippen LogP contribution < -0.4 is 11.1 Å². The smallest absolute Gasteiger partial charge is 0.159 e. The SMILES string of the molecule is NC1(C=O)NCc2ccccc21. The Morgan fingerprint density at radius 2 is 2.25 bits per heavy atom. The van der Waals surface area contributed by atoms with E-state index in [9.17, 15) is 4.79 Å². The van der Waals surface area contributed by atoms with Crippen molar-refractivity contribution in [1.82, 2.24) is 5.32 Å². The van der Waals surface area contributed by atoms with Crippen LogP contribution in [0.2, 0.25) is 0 Å². The summed E-state index contributed by atoms with van der Waals surface area (Å²) >= 11 is 0. The Morgan fingerprint density at radius 3 is 3.00 bits per heavy atom. The summed E-state index contributed by atoms with van der Waals surface area (Å²) in [6.45, 7) is 0.672. The molecule has 0 saturated carbocycles. The fourth-order valence-corrected chi connectivity index (χ4v) is 1.52. The molecular formula is C9H10N2O. The highest BCUT2D eigenvalue weighted by atomic mass is 16.1. The fraction of sp³-hybridized carbons (Fsp3) is 0.222. The van der Waals surface area contributed by atoms with E-state index in [-0.39, 0.29) is 0 Å². The van der Waals surface area contributed by atoms with Gasteiger partial charge in [-0.05, 0) is 11.1 Å². The Bertz CT molecular complexity index is 324. The minimum atomic E-state index is -0.962. The lowest BCUT2D eigenvalue weighted by Crippen LogP contribution is -2.47. The van der Waals surface area contributed by atoms with E-state index in [1.54, 1.807) is 0 Å². The van der Waals surface area contributed by atoms with Gasteiger partial charge in [0.2, 0.25) is 0 Å². The molecule has 0 fully saturated rings. The van der Waals surface area contributed by atoms with E-state index in [1.807, 2.05) is 24.3 Å². The highest BCUT2D eigenvalue weighted by molar-refractivity contribution is 5.69. The molecule has 0 radical (unpaired) electrons. The van der Waals surface area contributed by atoms with Gasteiger partial charge in [-0.2, -0.15) is 0 Å². The van der Waals surface area contributed by atoms with Gasteiger partial charge < -0.3 is 5.73 Å². The van der Waals surface area contributed by atoms with Crippen LogP contribution in [0.15, 0.2) is 24.3 Å². The number of carbonyl (C=O) groups is 1. The Kier molecular flexibility index (Phi) is 1.49. The van der Waals surface area contributed by atoms with Gasteiger partial charge in [-0.3, -0.25) is 10.1 Å². The zero-order valence-electron chi connectivity index (χ0n) is 6.58. The van der Waals surface area contributed by atoms with Crippen LogP contribution in [0, 0.1) is 0 Å². The molecule has 1 aliphatic heterocycles. The second kappa shape index (κ2) is 2.40. The first kappa shape index (κ1) is 7.46. The van der Waals surface area contributed by atoms with E-state index in [1.165, 1.54) is 0 Å². The molecule has 62 valence electrons. The molecule has 0 saturated heterocycles. The van der Waals surface area contributed by atoms with E-state index in [0.717, 1.165) is 17.4 Å². The van der Waals surface area contributed by atoms with Crippen LogP contribution in [0.3, 0.4) is 0 Å². The van der Waals surface area contributed by atoms with Crippen molar-refractivity contribution in [2.24, 2.45) is 5.73 Å². The van der Waals surface area contributed by atoms with Crippen molar-refractivity contribution in [2.45, 2.75) is 12.2 Å². The molecule has 0 aromatic heterocycles. The quantitative estimate of drug-likeness (QED) is 0.576. The minimum absolute atomic E-state index is 0.672. The third kappa shape index (κ3) is 0.873. The Hall–Kier alpha value is -1.19. The molecule has 0 aliphatic carbocycles. The van der Waals surface area contributed by atoms with Crippen molar-refractivity contribution in [2.75, 3.05) is 0 Å².